The van der Waals surface area contributed by atoms with Gasteiger partial charge in [0.15, 0.2) is 6.29 Å². The topological polar surface area (TPSA) is 79.2 Å². The zero-order valence-electron chi connectivity index (χ0n) is 10.7. The number of unbranched alkanes of at least 4 members (excludes halogenated alkanes) is 2. The Labute approximate surface area is 114 Å². The number of aliphatic hydroxyl groups is 3. The van der Waals surface area contributed by atoms with E-state index >= 15 is 0 Å². The van der Waals surface area contributed by atoms with E-state index in [-0.39, 0.29) is 12.5 Å². The lowest BCUT2D eigenvalue weighted by molar-refractivity contribution is -0.282. The summed E-state index contributed by atoms with van der Waals surface area (Å²) in [5.41, 5.74) is 0. The molecule has 6 heteroatoms. The Morgan fingerprint density at radius 3 is 2.50 bits per heavy atom. The highest BCUT2D eigenvalue weighted by atomic mass is 32.1. The number of thiol groups is 1. The van der Waals surface area contributed by atoms with Crippen LogP contribution in [0.2, 0.25) is 0 Å². The Morgan fingerprint density at radius 1 is 1.17 bits per heavy atom. The van der Waals surface area contributed by atoms with Gasteiger partial charge in [-0.15, -0.1) is 0 Å². The molecule has 0 bridgehead atoms. The SMILES string of the molecule is CC1[C@H](OCCCCCS)OC(CO)C(O)[C@@H]1O. The van der Waals surface area contributed by atoms with Crippen LogP contribution in [-0.4, -0.2) is 58.9 Å². The van der Waals surface area contributed by atoms with Gasteiger partial charge < -0.3 is 24.8 Å². The second-order valence-electron chi connectivity index (χ2n) is 4.72. The highest BCUT2D eigenvalue weighted by molar-refractivity contribution is 7.80. The predicted molar refractivity (Wildman–Crippen MR) is 70.6 cm³/mol. The summed E-state index contributed by atoms with van der Waals surface area (Å²) in [4.78, 5) is 0. The first-order chi connectivity index (χ1) is 8.61. The van der Waals surface area contributed by atoms with Crippen molar-refractivity contribution in [3.8, 4) is 0 Å². The van der Waals surface area contributed by atoms with Crippen LogP contribution in [0.3, 0.4) is 0 Å². The quantitative estimate of drug-likeness (QED) is 0.395. The van der Waals surface area contributed by atoms with Crippen LogP contribution in [0.25, 0.3) is 0 Å². The average molecular weight is 280 g/mol. The molecule has 1 saturated heterocycles. The summed E-state index contributed by atoms with van der Waals surface area (Å²) in [6.45, 7) is 1.98. The van der Waals surface area contributed by atoms with E-state index in [1.54, 1.807) is 6.92 Å². The zero-order chi connectivity index (χ0) is 13.5. The molecule has 3 unspecified atom stereocenters. The van der Waals surface area contributed by atoms with E-state index in [2.05, 4.69) is 12.6 Å². The van der Waals surface area contributed by atoms with Crippen molar-refractivity contribution in [1.29, 1.82) is 0 Å². The summed E-state index contributed by atoms with van der Waals surface area (Å²) in [5.74, 6) is 0.557. The van der Waals surface area contributed by atoms with Crippen molar-refractivity contribution in [2.24, 2.45) is 5.92 Å². The Balaban J connectivity index is 2.35. The molecule has 1 aliphatic heterocycles. The molecule has 0 spiro atoms. The van der Waals surface area contributed by atoms with Crippen LogP contribution in [0.1, 0.15) is 26.2 Å². The number of ether oxygens (including phenoxy) is 2. The fourth-order valence-electron chi connectivity index (χ4n) is 2.00. The van der Waals surface area contributed by atoms with E-state index in [4.69, 9.17) is 14.6 Å². The fraction of sp³-hybridized carbons (Fsp3) is 1.00. The van der Waals surface area contributed by atoms with Crippen molar-refractivity contribution < 1.29 is 24.8 Å². The molecule has 0 amide bonds. The molecular formula is C12H24O5S. The molecule has 1 aliphatic rings. The van der Waals surface area contributed by atoms with Gasteiger partial charge in [-0.05, 0) is 18.6 Å². The average Bonchev–Trinajstić information content (AvgIpc) is 2.38. The lowest BCUT2D eigenvalue weighted by Crippen LogP contribution is -2.55. The molecule has 18 heavy (non-hydrogen) atoms. The van der Waals surface area contributed by atoms with E-state index in [0.29, 0.717) is 6.61 Å². The first-order valence-corrected chi connectivity index (χ1v) is 7.10. The number of rotatable bonds is 7. The molecule has 1 fully saturated rings. The van der Waals surface area contributed by atoms with Crippen molar-refractivity contribution in [3.63, 3.8) is 0 Å². The van der Waals surface area contributed by atoms with Crippen LogP contribution in [0.4, 0.5) is 0 Å². The third-order valence-corrected chi connectivity index (χ3v) is 3.59. The maximum atomic E-state index is 9.83. The molecule has 5 atom stereocenters. The zero-order valence-corrected chi connectivity index (χ0v) is 11.6. The third-order valence-electron chi connectivity index (χ3n) is 3.27. The molecule has 0 saturated carbocycles. The highest BCUT2D eigenvalue weighted by Crippen LogP contribution is 2.26. The van der Waals surface area contributed by atoms with Gasteiger partial charge in [-0.25, -0.2) is 0 Å². The minimum absolute atomic E-state index is 0.312. The molecule has 0 aromatic rings. The van der Waals surface area contributed by atoms with E-state index in [1.807, 2.05) is 0 Å². The van der Waals surface area contributed by atoms with E-state index in [9.17, 15) is 10.2 Å². The second kappa shape index (κ2) is 8.35. The maximum Gasteiger partial charge on any atom is 0.163 e. The Bertz CT molecular complexity index is 227. The fourth-order valence-corrected chi connectivity index (χ4v) is 2.22. The molecule has 5 nitrogen and oxygen atoms in total. The summed E-state index contributed by atoms with van der Waals surface area (Å²) in [6.07, 6.45) is -0.342. The normalized spacial score (nSPS) is 36.8. The van der Waals surface area contributed by atoms with Gasteiger partial charge in [-0.2, -0.15) is 12.6 Å². The molecular weight excluding hydrogens is 256 g/mol. The Kier molecular flexibility index (Phi) is 7.51. The van der Waals surface area contributed by atoms with Crippen LogP contribution >= 0.6 is 12.6 Å². The molecule has 0 radical (unpaired) electrons. The van der Waals surface area contributed by atoms with Crippen molar-refractivity contribution >= 4 is 12.6 Å². The van der Waals surface area contributed by atoms with Gasteiger partial charge >= 0.3 is 0 Å². The van der Waals surface area contributed by atoms with Crippen molar-refractivity contribution in [2.45, 2.75) is 50.8 Å². The third kappa shape index (κ3) is 4.36. The largest absolute Gasteiger partial charge is 0.394 e. The molecule has 108 valence electrons. The van der Waals surface area contributed by atoms with E-state index in [1.165, 1.54) is 0 Å². The lowest BCUT2D eigenvalue weighted by atomic mass is 9.92. The first kappa shape index (κ1) is 16.2. The van der Waals surface area contributed by atoms with Crippen molar-refractivity contribution in [3.05, 3.63) is 0 Å². The van der Waals surface area contributed by atoms with Gasteiger partial charge in [0.25, 0.3) is 0 Å². The number of aliphatic hydroxyl groups excluding tert-OH is 3. The highest BCUT2D eigenvalue weighted by Gasteiger charge is 2.42. The summed E-state index contributed by atoms with van der Waals surface area (Å²) in [7, 11) is 0. The number of hydrogen-bond donors (Lipinski definition) is 4. The lowest BCUT2D eigenvalue weighted by Gasteiger charge is -2.40. The summed E-state index contributed by atoms with van der Waals surface area (Å²) >= 11 is 4.13. The second-order valence-corrected chi connectivity index (χ2v) is 5.17. The molecule has 1 heterocycles. The Morgan fingerprint density at radius 2 is 1.89 bits per heavy atom. The van der Waals surface area contributed by atoms with Crippen molar-refractivity contribution in [1.82, 2.24) is 0 Å². The smallest absolute Gasteiger partial charge is 0.163 e. The molecule has 1 rings (SSSR count). The van der Waals surface area contributed by atoms with Crippen LogP contribution in [0.15, 0.2) is 0 Å². The molecule has 0 aromatic carbocycles. The molecule has 3 N–H and O–H groups in total. The molecule has 0 aliphatic carbocycles. The van der Waals surface area contributed by atoms with Crippen LogP contribution < -0.4 is 0 Å². The minimum Gasteiger partial charge on any atom is -0.394 e. The van der Waals surface area contributed by atoms with E-state index < -0.39 is 24.6 Å². The van der Waals surface area contributed by atoms with Gasteiger partial charge in [0, 0.05) is 12.5 Å². The monoisotopic (exact) mass is 280 g/mol. The maximum absolute atomic E-state index is 9.83. The van der Waals surface area contributed by atoms with Gasteiger partial charge in [-0.3, -0.25) is 0 Å². The van der Waals surface area contributed by atoms with Crippen molar-refractivity contribution in [2.75, 3.05) is 19.0 Å². The summed E-state index contributed by atoms with van der Waals surface area (Å²) < 4.78 is 11.0. The van der Waals surface area contributed by atoms with Gasteiger partial charge in [0.2, 0.25) is 0 Å². The first-order valence-electron chi connectivity index (χ1n) is 6.46. The van der Waals surface area contributed by atoms with Crippen LogP contribution in [0.5, 0.6) is 0 Å². The molecule has 0 aromatic heterocycles. The summed E-state index contributed by atoms with van der Waals surface area (Å²) in [5, 5.41) is 28.6. The van der Waals surface area contributed by atoms with Crippen LogP contribution in [0, 0.1) is 5.92 Å². The standard InChI is InChI=1S/C12H24O5S/c1-8-10(14)11(15)9(7-13)17-12(8)16-5-3-2-4-6-18/h8-15,18H,2-7H2,1H3/t8?,9?,10-,11?,12-/m1/s1. The minimum atomic E-state index is -1.06. The Hall–Kier alpha value is 0.150. The number of hydrogen-bond acceptors (Lipinski definition) is 6. The van der Waals surface area contributed by atoms with E-state index in [0.717, 1.165) is 25.0 Å². The predicted octanol–water partition coefficient (Wildman–Crippen LogP) is 0.178. The summed E-state index contributed by atoms with van der Waals surface area (Å²) in [6, 6.07) is 0. The van der Waals surface area contributed by atoms with Gasteiger partial charge in [-0.1, -0.05) is 13.3 Å². The van der Waals surface area contributed by atoms with Gasteiger partial charge in [0.1, 0.15) is 12.2 Å². The van der Waals surface area contributed by atoms with Gasteiger partial charge in [0.05, 0.1) is 12.7 Å². The van der Waals surface area contributed by atoms with Crippen LogP contribution in [-0.2, 0) is 9.47 Å².